The third-order valence-electron chi connectivity index (χ3n) is 13.2. The minimum absolute atomic E-state index is 0.0303. The monoisotopic (exact) mass is 901 g/mol. The molecule has 9 aromatic carbocycles. The largest absolute Gasteiger partial charge is 0.455 e. The molecule has 0 amide bonds. The van der Waals surface area contributed by atoms with Crippen molar-refractivity contribution < 1.29 is 35.2 Å². The second-order valence-electron chi connectivity index (χ2n) is 16.9. The average molecular weight is 902 g/mol. The molecule has 0 aliphatic carbocycles. The molecule has 0 spiro atoms. The molecule has 68 heavy (non-hydrogen) atoms. The first-order valence-electron chi connectivity index (χ1n) is 21.6. The van der Waals surface area contributed by atoms with E-state index in [0.717, 1.165) is 65.8 Å². The molecule has 4 aromatic heterocycles. The number of para-hydroxylation sites is 4. The lowest BCUT2D eigenvalue weighted by molar-refractivity contribution is -0.142. The van der Waals surface area contributed by atoms with Gasteiger partial charge in [-0.2, -0.15) is 31.6 Å². The van der Waals surface area contributed by atoms with Gasteiger partial charge in [-0.15, -0.1) is 0 Å². The third-order valence-corrected chi connectivity index (χ3v) is 13.2. The minimum atomic E-state index is -5.13. The summed E-state index contributed by atoms with van der Waals surface area (Å²) < 4.78 is 104. The van der Waals surface area contributed by atoms with E-state index < -0.39 is 29.0 Å². The third kappa shape index (κ3) is 5.70. The Morgan fingerprint density at radius 3 is 1.50 bits per heavy atom. The summed E-state index contributed by atoms with van der Waals surface area (Å²) in [5.74, 6) is 0. The van der Waals surface area contributed by atoms with Crippen LogP contribution in [0.1, 0.15) is 16.7 Å². The Labute approximate surface area is 380 Å². The standard InChI is InChI=1S/C57H29F6N3O2/c58-56(59,60)33-19-21-34(43(29-33)57(61,62)63)32-18-20-35(49(28-32)66-45-14-6-2-12-41(45)53-48(66)26-23-39-37-10-4-8-16-51(37)68-55(39)53)42-27-31(30-64)17-24-46(42)65-44-13-5-1-11-40(44)52-47(65)25-22-38-36-9-3-7-15-50(36)67-54(38)52/h1-29H. The zero-order chi connectivity index (χ0) is 46.2. The molecule has 326 valence electrons. The Morgan fingerprint density at radius 2 is 0.941 bits per heavy atom. The normalized spacial score (nSPS) is 12.5. The van der Waals surface area contributed by atoms with Gasteiger partial charge in [-0.1, -0.05) is 91.0 Å². The van der Waals surface area contributed by atoms with Crippen LogP contribution in [0.4, 0.5) is 26.3 Å². The van der Waals surface area contributed by atoms with Crippen molar-refractivity contribution >= 4 is 87.5 Å². The van der Waals surface area contributed by atoms with Crippen molar-refractivity contribution in [1.29, 1.82) is 5.26 Å². The van der Waals surface area contributed by atoms with Crippen LogP contribution in [-0.4, -0.2) is 9.13 Å². The Kier molecular flexibility index (Phi) is 8.23. The smallest absolute Gasteiger partial charge is 0.417 e. The van der Waals surface area contributed by atoms with E-state index in [2.05, 4.69) is 10.6 Å². The Hall–Kier alpha value is -8.75. The summed E-state index contributed by atoms with van der Waals surface area (Å²) in [5, 5.41) is 17.5. The van der Waals surface area contributed by atoms with Crippen LogP contribution in [0.15, 0.2) is 185 Å². The van der Waals surface area contributed by atoms with Gasteiger partial charge in [-0.3, -0.25) is 0 Å². The predicted octanol–water partition coefficient (Wildman–Crippen LogP) is 16.9. The maximum Gasteiger partial charge on any atom is 0.417 e. The summed E-state index contributed by atoms with van der Waals surface area (Å²) in [6.45, 7) is 0. The summed E-state index contributed by atoms with van der Waals surface area (Å²) in [7, 11) is 0. The van der Waals surface area contributed by atoms with Gasteiger partial charge < -0.3 is 18.0 Å². The molecule has 13 aromatic rings. The summed E-state index contributed by atoms with van der Waals surface area (Å²) in [6, 6.07) is 53.2. The van der Waals surface area contributed by atoms with Crippen LogP contribution in [0.25, 0.3) is 121 Å². The number of fused-ring (bicyclic) bond motifs is 14. The van der Waals surface area contributed by atoms with Gasteiger partial charge in [-0.05, 0) is 96.1 Å². The van der Waals surface area contributed by atoms with Gasteiger partial charge in [0.1, 0.15) is 22.3 Å². The van der Waals surface area contributed by atoms with Crippen LogP contribution in [0.5, 0.6) is 0 Å². The molecule has 0 saturated carbocycles. The van der Waals surface area contributed by atoms with Crippen molar-refractivity contribution in [3.8, 4) is 39.7 Å². The highest BCUT2D eigenvalue weighted by molar-refractivity contribution is 6.25. The molecular formula is C57H29F6N3O2. The lowest BCUT2D eigenvalue weighted by atomic mass is 9.92. The quantitative estimate of drug-likeness (QED) is 0.165. The molecular weight excluding hydrogens is 873 g/mol. The molecule has 5 nitrogen and oxygen atoms in total. The number of hydrogen-bond acceptors (Lipinski definition) is 3. The molecule has 11 heteroatoms. The van der Waals surface area contributed by atoms with Gasteiger partial charge in [0.15, 0.2) is 0 Å². The number of alkyl halides is 6. The molecule has 0 atom stereocenters. The van der Waals surface area contributed by atoms with Crippen LogP contribution >= 0.6 is 0 Å². The maximum absolute atomic E-state index is 15.0. The van der Waals surface area contributed by atoms with Crippen molar-refractivity contribution in [1.82, 2.24) is 9.13 Å². The van der Waals surface area contributed by atoms with Gasteiger partial charge in [0.2, 0.25) is 0 Å². The molecule has 0 radical (unpaired) electrons. The van der Waals surface area contributed by atoms with E-state index in [1.54, 1.807) is 24.3 Å². The molecule has 4 heterocycles. The number of hydrogen-bond donors (Lipinski definition) is 0. The van der Waals surface area contributed by atoms with E-state index in [1.165, 1.54) is 6.07 Å². The number of furan rings is 2. The summed E-state index contributed by atoms with van der Waals surface area (Å²) in [4.78, 5) is 0. The molecule has 0 saturated heterocycles. The summed E-state index contributed by atoms with van der Waals surface area (Å²) in [5.41, 5.74) is 5.02. The number of nitrogens with zero attached hydrogens (tertiary/aromatic N) is 3. The van der Waals surface area contributed by atoms with E-state index in [0.29, 0.717) is 61.9 Å². The van der Waals surface area contributed by atoms with Crippen molar-refractivity contribution in [2.75, 3.05) is 0 Å². The van der Waals surface area contributed by atoms with Crippen molar-refractivity contribution in [3.63, 3.8) is 0 Å². The van der Waals surface area contributed by atoms with E-state index in [-0.39, 0.29) is 11.6 Å². The number of halogens is 6. The average Bonchev–Trinajstić information content (AvgIpc) is 4.10. The van der Waals surface area contributed by atoms with E-state index in [4.69, 9.17) is 8.83 Å². The van der Waals surface area contributed by atoms with Crippen molar-refractivity contribution in [3.05, 3.63) is 193 Å². The van der Waals surface area contributed by atoms with Gasteiger partial charge in [-0.25, -0.2) is 0 Å². The topological polar surface area (TPSA) is 59.9 Å². The number of aromatic nitrogens is 2. The highest BCUT2D eigenvalue weighted by Gasteiger charge is 2.39. The number of rotatable bonds is 4. The minimum Gasteiger partial charge on any atom is -0.455 e. The van der Waals surface area contributed by atoms with Crippen LogP contribution in [-0.2, 0) is 12.4 Å². The fourth-order valence-electron chi connectivity index (χ4n) is 10.3. The maximum atomic E-state index is 15.0. The second kappa shape index (κ2) is 14.1. The zero-order valence-corrected chi connectivity index (χ0v) is 35.2. The molecule has 0 aliphatic rings. The first-order chi connectivity index (χ1) is 33.0. The lowest BCUT2D eigenvalue weighted by Gasteiger charge is -2.21. The molecule has 13 rings (SSSR count). The van der Waals surface area contributed by atoms with Crippen LogP contribution < -0.4 is 0 Å². The van der Waals surface area contributed by atoms with Crippen molar-refractivity contribution in [2.45, 2.75) is 12.4 Å². The van der Waals surface area contributed by atoms with Gasteiger partial charge in [0.25, 0.3) is 0 Å². The van der Waals surface area contributed by atoms with Crippen LogP contribution in [0, 0.1) is 11.3 Å². The summed E-state index contributed by atoms with van der Waals surface area (Å²) >= 11 is 0. The number of nitriles is 1. The van der Waals surface area contributed by atoms with E-state index >= 15 is 0 Å². The number of benzene rings is 9. The molecule has 0 bridgehead atoms. The first kappa shape index (κ1) is 39.6. The summed E-state index contributed by atoms with van der Waals surface area (Å²) in [6.07, 6.45) is -10.1. The van der Waals surface area contributed by atoms with Crippen LogP contribution in [0.2, 0.25) is 0 Å². The zero-order valence-electron chi connectivity index (χ0n) is 35.2. The first-order valence-corrected chi connectivity index (χ1v) is 21.6. The fraction of sp³-hybridized carbons (Fsp3) is 0.0351. The Morgan fingerprint density at radius 1 is 0.412 bits per heavy atom. The highest BCUT2D eigenvalue weighted by atomic mass is 19.4. The SMILES string of the molecule is N#Cc1ccc(-n2c3ccccc3c3c4oc5ccccc5c4ccc32)c(-c2ccc(-c3ccc(C(F)(F)F)cc3C(F)(F)F)cc2-n2c3ccccc3c3c4oc5ccccc5c4ccc32)c1. The van der Waals surface area contributed by atoms with E-state index in [9.17, 15) is 31.6 Å². The molecule has 0 N–H and O–H groups in total. The van der Waals surface area contributed by atoms with Crippen LogP contribution in [0.3, 0.4) is 0 Å². The highest BCUT2D eigenvalue weighted by Crippen LogP contribution is 2.48. The Balaban J connectivity index is 1.16. The molecule has 0 unspecified atom stereocenters. The van der Waals surface area contributed by atoms with Crippen molar-refractivity contribution in [2.24, 2.45) is 0 Å². The van der Waals surface area contributed by atoms with Gasteiger partial charge >= 0.3 is 12.4 Å². The predicted molar refractivity (Wildman–Crippen MR) is 255 cm³/mol. The fourth-order valence-corrected chi connectivity index (χ4v) is 10.3. The van der Waals surface area contributed by atoms with E-state index in [1.807, 2.05) is 132 Å². The Bertz CT molecular complexity index is 4330. The van der Waals surface area contributed by atoms with Gasteiger partial charge in [0.05, 0.1) is 67.0 Å². The van der Waals surface area contributed by atoms with Gasteiger partial charge in [0, 0.05) is 43.4 Å². The molecule has 0 fully saturated rings. The molecule has 0 aliphatic heterocycles. The second-order valence-corrected chi connectivity index (χ2v) is 16.9. The lowest BCUT2D eigenvalue weighted by Crippen LogP contribution is -2.12.